The van der Waals surface area contributed by atoms with Crippen LogP contribution in [0.3, 0.4) is 0 Å². The zero-order valence-corrected chi connectivity index (χ0v) is 14.6. The van der Waals surface area contributed by atoms with Gasteiger partial charge in [-0.25, -0.2) is 0 Å². The fourth-order valence-electron chi connectivity index (χ4n) is 2.92. The van der Waals surface area contributed by atoms with E-state index in [1.54, 1.807) is 11.0 Å². The van der Waals surface area contributed by atoms with Gasteiger partial charge in [0.15, 0.2) is 0 Å². The van der Waals surface area contributed by atoms with Gasteiger partial charge in [0.2, 0.25) is 5.91 Å². The quantitative estimate of drug-likeness (QED) is 0.870. The molecule has 0 fully saturated rings. The summed E-state index contributed by atoms with van der Waals surface area (Å²) >= 11 is 0. The number of nitrogens with one attached hydrogen (secondary N) is 1. The highest BCUT2D eigenvalue weighted by atomic mass is 16.2. The maximum Gasteiger partial charge on any atom is 0.254 e. The first-order chi connectivity index (χ1) is 12.0. The molecule has 0 atom stereocenters. The maximum absolute atomic E-state index is 12.5. The number of anilines is 1. The Morgan fingerprint density at radius 1 is 1.04 bits per heavy atom. The minimum atomic E-state index is -0.0823. The number of amides is 2. The molecule has 4 heteroatoms. The van der Waals surface area contributed by atoms with Crippen molar-refractivity contribution >= 4 is 17.5 Å². The highest BCUT2D eigenvalue weighted by Crippen LogP contribution is 2.19. The van der Waals surface area contributed by atoms with Gasteiger partial charge < -0.3 is 10.2 Å². The Hall–Kier alpha value is -2.88. The predicted molar refractivity (Wildman–Crippen MR) is 99.7 cm³/mol. The van der Waals surface area contributed by atoms with Gasteiger partial charge >= 0.3 is 0 Å². The highest BCUT2D eigenvalue weighted by molar-refractivity contribution is 5.98. The third-order valence-electron chi connectivity index (χ3n) is 4.31. The van der Waals surface area contributed by atoms with Gasteiger partial charge in [-0.1, -0.05) is 48.0 Å². The minimum absolute atomic E-state index is 0.0146. The summed E-state index contributed by atoms with van der Waals surface area (Å²) < 4.78 is 0. The second kappa shape index (κ2) is 7.34. The Morgan fingerprint density at radius 2 is 1.80 bits per heavy atom. The number of carbonyl (C=O) groups excluding carboxylic acids is 2. The molecule has 2 aromatic rings. The lowest BCUT2D eigenvalue weighted by Crippen LogP contribution is -2.28. The molecule has 2 amide bonds. The molecule has 1 N–H and O–H groups in total. The van der Waals surface area contributed by atoms with Crippen LogP contribution in [0.15, 0.2) is 54.6 Å². The fourth-order valence-corrected chi connectivity index (χ4v) is 2.92. The van der Waals surface area contributed by atoms with Crippen molar-refractivity contribution in [2.45, 2.75) is 20.3 Å². The number of rotatable bonds is 4. The van der Waals surface area contributed by atoms with Crippen molar-refractivity contribution < 1.29 is 9.59 Å². The lowest BCUT2D eigenvalue weighted by molar-refractivity contribution is -0.115. The van der Waals surface area contributed by atoms with Crippen LogP contribution in [-0.4, -0.2) is 29.8 Å². The van der Waals surface area contributed by atoms with Crippen LogP contribution in [0.25, 0.3) is 0 Å². The third kappa shape index (κ3) is 4.15. The number of nitrogens with zero attached hydrogens (tertiary/aromatic N) is 1. The molecule has 4 nitrogen and oxygen atoms in total. The Kier molecular flexibility index (Phi) is 4.98. The third-order valence-corrected chi connectivity index (χ3v) is 4.31. The topological polar surface area (TPSA) is 49.4 Å². The molecule has 3 rings (SSSR count). The molecule has 0 saturated heterocycles. The average Bonchev–Trinajstić information content (AvgIpc) is 3.10. The van der Waals surface area contributed by atoms with E-state index >= 15 is 0 Å². The monoisotopic (exact) mass is 334 g/mol. The lowest BCUT2D eigenvalue weighted by Gasteiger charge is -2.17. The van der Waals surface area contributed by atoms with Crippen LogP contribution in [0.4, 0.5) is 5.69 Å². The number of hydrogen-bond acceptors (Lipinski definition) is 2. The first-order valence-electron chi connectivity index (χ1n) is 8.43. The second-order valence-electron chi connectivity index (χ2n) is 6.43. The van der Waals surface area contributed by atoms with Crippen LogP contribution < -0.4 is 5.32 Å². The molecule has 128 valence electrons. The van der Waals surface area contributed by atoms with Crippen LogP contribution in [0, 0.1) is 13.8 Å². The number of benzene rings is 2. The molecule has 1 aliphatic rings. The van der Waals surface area contributed by atoms with Crippen LogP contribution in [0.1, 0.15) is 27.0 Å². The van der Waals surface area contributed by atoms with Crippen molar-refractivity contribution in [3.8, 4) is 0 Å². The summed E-state index contributed by atoms with van der Waals surface area (Å²) in [5, 5.41) is 2.94. The summed E-state index contributed by atoms with van der Waals surface area (Å²) in [7, 11) is 0. The van der Waals surface area contributed by atoms with Gasteiger partial charge in [0.1, 0.15) is 0 Å². The van der Waals surface area contributed by atoms with Crippen LogP contribution >= 0.6 is 0 Å². The molecule has 0 unspecified atom stereocenters. The van der Waals surface area contributed by atoms with E-state index in [1.807, 2.05) is 62.4 Å². The summed E-state index contributed by atoms with van der Waals surface area (Å²) in [6.45, 7) is 5.21. The highest BCUT2D eigenvalue weighted by Gasteiger charge is 2.17. The number of hydrogen-bond donors (Lipinski definition) is 1. The van der Waals surface area contributed by atoms with Gasteiger partial charge in [0.05, 0.1) is 6.42 Å². The largest absolute Gasteiger partial charge is 0.331 e. The Labute approximate surface area is 148 Å². The zero-order chi connectivity index (χ0) is 17.8. The smallest absolute Gasteiger partial charge is 0.254 e. The van der Waals surface area contributed by atoms with E-state index in [0.29, 0.717) is 30.8 Å². The summed E-state index contributed by atoms with van der Waals surface area (Å²) in [4.78, 5) is 26.6. The van der Waals surface area contributed by atoms with Crippen molar-refractivity contribution in [3.05, 3.63) is 76.9 Å². The van der Waals surface area contributed by atoms with Crippen LogP contribution in [-0.2, 0) is 11.2 Å². The maximum atomic E-state index is 12.5. The van der Waals surface area contributed by atoms with E-state index in [0.717, 1.165) is 16.7 Å². The summed E-state index contributed by atoms with van der Waals surface area (Å²) in [6.07, 6.45) is 4.28. The SMILES string of the molecule is Cc1cccc(CC(=O)Nc2cc(C(=O)N3CC=CC3)ccc2C)c1. The molecule has 25 heavy (non-hydrogen) atoms. The summed E-state index contributed by atoms with van der Waals surface area (Å²) in [5.74, 6) is -0.0969. The van der Waals surface area contributed by atoms with Crippen LogP contribution in [0.5, 0.6) is 0 Å². The summed E-state index contributed by atoms with van der Waals surface area (Å²) in [6, 6.07) is 13.4. The van der Waals surface area contributed by atoms with Crippen molar-refractivity contribution in [2.24, 2.45) is 0 Å². The average molecular weight is 334 g/mol. The van der Waals surface area contributed by atoms with E-state index in [2.05, 4.69) is 5.32 Å². The van der Waals surface area contributed by atoms with Gasteiger partial charge in [-0.2, -0.15) is 0 Å². The van der Waals surface area contributed by atoms with Crippen molar-refractivity contribution in [3.63, 3.8) is 0 Å². The van der Waals surface area contributed by atoms with Gasteiger partial charge in [0.25, 0.3) is 5.91 Å². The Balaban J connectivity index is 1.72. The van der Waals surface area contributed by atoms with E-state index in [4.69, 9.17) is 0 Å². The van der Waals surface area contributed by atoms with E-state index in [1.165, 1.54) is 0 Å². The van der Waals surface area contributed by atoms with Gasteiger partial charge in [-0.05, 0) is 37.1 Å². The summed E-state index contributed by atoms with van der Waals surface area (Å²) in [5.41, 5.74) is 4.34. The molecule has 0 radical (unpaired) electrons. The molecular formula is C21H22N2O2. The van der Waals surface area contributed by atoms with E-state index in [9.17, 15) is 9.59 Å². The molecule has 0 bridgehead atoms. The first-order valence-corrected chi connectivity index (χ1v) is 8.43. The van der Waals surface area contributed by atoms with Gasteiger partial charge in [-0.15, -0.1) is 0 Å². The molecule has 1 aliphatic heterocycles. The number of carbonyl (C=O) groups is 2. The lowest BCUT2D eigenvalue weighted by atomic mass is 10.1. The molecule has 1 heterocycles. The van der Waals surface area contributed by atoms with Crippen molar-refractivity contribution in [2.75, 3.05) is 18.4 Å². The first kappa shape index (κ1) is 17.0. The zero-order valence-electron chi connectivity index (χ0n) is 14.6. The second-order valence-corrected chi connectivity index (χ2v) is 6.43. The molecule has 0 aromatic heterocycles. The molecule has 0 aliphatic carbocycles. The number of aryl methyl sites for hydroxylation is 2. The normalized spacial score (nSPS) is 13.1. The molecular weight excluding hydrogens is 312 g/mol. The standard InChI is InChI=1S/C21H22N2O2/c1-15-6-5-7-17(12-15)13-20(24)22-19-14-18(9-8-16(19)2)21(25)23-10-3-4-11-23/h3-9,12,14H,10-11,13H2,1-2H3,(H,22,24). The molecule has 2 aromatic carbocycles. The van der Waals surface area contributed by atoms with Crippen molar-refractivity contribution in [1.82, 2.24) is 4.90 Å². The fraction of sp³-hybridized carbons (Fsp3) is 0.238. The van der Waals surface area contributed by atoms with Gasteiger partial charge in [0, 0.05) is 24.3 Å². The minimum Gasteiger partial charge on any atom is -0.331 e. The van der Waals surface area contributed by atoms with Gasteiger partial charge in [-0.3, -0.25) is 9.59 Å². The Bertz CT molecular complexity index is 832. The molecule has 0 spiro atoms. The Morgan fingerprint density at radius 3 is 2.52 bits per heavy atom. The predicted octanol–water partition coefficient (Wildman–Crippen LogP) is 3.50. The van der Waals surface area contributed by atoms with E-state index in [-0.39, 0.29) is 11.8 Å². The molecule has 0 saturated carbocycles. The van der Waals surface area contributed by atoms with E-state index < -0.39 is 0 Å². The van der Waals surface area contributed by atoms with Crippen LogP contribution in [0.2, 0.25) is 0 Å². The van der Waals surface area contributed by atoms with Crippen molar-refractivity contribution in [1.29, 1.82) is 0 Å².